The molecule has 1 amide bonds. The van der Waals surface area contributed by atoms with Crippen molar-refractivity contribution in [3.05, 3.63) is 77.4 Å². The highest BCUT2D eigenvalue weighted by Gasteiger charge is 2.05. The summed E-state index contributed by atoms with van der Waals surface area (Å²) in [6, 6.07) is 17.0. The van der Waals surface area contributed by atoms with Crippen LogP contribution in [-0.2, 0) is 11.3 Å². The van der Waals surface area contributed by atoms with Crippen LogP contribution in [0.25, 0.3) is 6.08 Å². The Balaban J connectivity index is 1.80. The van der Waals surface area contributed by atoms with Crippen molar-refractivity contribution in [1.82, 2.24) is 10.6 Å². The smallest absolute Gasteiger partial charge is 0.244 e. The van der Waals surface area contributed by atoms with E-state index >= 15 is 0 Å². The average Bonchev–Trinajstić information content (AvgIpc) is 2.66. The van der Waals surface area contributed by atoms with Crippen LogP contribution in [0.5, 0.6) is 0 Å². The van der Waals surface area contributed by atoms with Crippen molar-refractivity contribution in [2.75, 3.05) is 13.1 Å². The lowest BCUT2D eigenvalue weighted by Crippen LogP contribution is -2.23. The highest BCUT2D eigenvalue weighted by Crippen LogP contribution is 2.05. The van der Waals surface area contributed by atoms with Gasteiger partial charge in [0.25, 0.3) is 0 Å². The molecule has 2 rings (SSSR count). The number of rotatable bonds is 9. The van der Waals surface area contributed by atoms with Crippen molar-refractivity contribution >= 4 is 17.8 Å². The summed E-state index contributed by atoms with van der Waals surface area (Å²) >= 11 is 0. The number of hydrogen-bond donors (Lipinski definition) is 2. The highest BCUT2D eigenvalue weighted by atomic mass is 16.1. The van der Waals surface area contributed by atoms with Crippen molar-refractivity contribution < 1.29 is 9.59 Å². The van der Waals surface area contributed by atoms with Crippen LogP contribution in [0.1, 0.15) is 34.8 Å². The lowest BCUT2D eigenvalue weighted by molar-refractivity contribution is -0.116. The molecule has 0 atom stereocenters. The summed E-state index contributed by atoms with van der Waals surface area (Å²) in [4.78, 5) is 23.8. The molecule has 2 N–H and O–H groups in total. The van der Waals surface area contributed by atoms with E-state index in [1.54, 1.807) is 18.2 Å². The SMILES string of the molecule is CCCNCC(=O)c1ccc(CNC(=O)/C=C/c2ccccc2)cc1. The van der Waals surface area contributed by atoms with Crippen molar-refractivity contribution in [3.63, 3.8) is 0 Å². The van der Waals surface area contributed by atoms with Gasteiger partial charge in [0.05, 0.1) is 6.54 Å². The molecule has 0 unspecified atom stereocenters. The maximum absolute atomic E-state index is 12.0. The van der Waals surface area contributed by atoms with Crippen molar-refractivity contribution in [1.29, 1.82) is 0 Å². The molecule has 0 aliphatic rings. The lowest BCUT2D eigenvalue weighted by Gasteiger charge is -2.05. The Kier molecular flexibility index (Phi) is 7.60. The van der Waals surface area contributed by atoms with Gasteiger partial charge in [-0.3, -0.25) is 9.59 Å². The average molecular weight is 336 g/mol. The maximum Gasteiger partial charge on any atom is 0.244 e. The van der Waals surface area contributed by atoms with Crippen LogP contribution in [0, 0.1) is 0 Å². The second kappa shape index (κ2) is 10.2. The summed E-state index contributed by atoms with van der Waals surface area (Å²) in [5.41, 5.74) is 2.62. The van der Waals surface area contributed by atoms with Crippen molar-refractivity contribution in [2.45, 2.75) is 19.9 Å². The molecule has 0 spiro atoms. The molecule has 25 heavy (non-hydrogen) atoms. The summed E-state index contributed by atoms with van der Waals surface area (Å²) in [7, 11) is 0. The Morgan fingerprint density at radius 3 is 2.40 bits per heavy atom. The van der Waals surface area contributed by atoms with Crippen LogP contribution in [-0.4, -0.2) is 24.8 Å². The summed E-state index contributed by atoms with van der Waals surface area (Å²) in [6.45, 7) is 3.69. The van der Waals surface area contributed by atoms with Gasteiger partial charge < -0.3 is 10.6 Å². The molecule has 0 aliphatic carbocycles. The van der Waals surface area contributed by atoms with E-state index in [-0.39, 0.29) is 11.7 Å². The molecule has 0 bridgehead atoms. The Morgan fingerprint density at radius 2 is 1.72 bits per heavy atom. The first kappa shape index (κ1) is 18.6. The first-order chi connectivity index (χ1) is 12.2. The zero-order valence-electron chi connectivity index (χ0n) is 14.5. The molecule has 0 aromatic heterocycles. The third kappa shape index (κ3) is 6.73. The molecule has 2 aromatic rings. The van der Waals surface area contributed by atoms with E-state index in [4.69, 9.17) is 0 Å². The fourth-order valence-corrected chi connectivity index (χ4v) is 2.27. The number of Topliss-reactive ketones (excluding diaryl/α,β-unsaturated/α-hetero) is 1. The monoisotopic (exact) mass is 336 g/mol. The zero-order chi connectivity index (χ0) is 17.9. The van der Waals surface area contributed by atoms with E-state index in [0.717, 1.165) is 24.1 Å². The van der Waals surface area contributed by atoms with Gasteiger partial charge in [-0.2, -0.15) is 0 Å². The molecular weight excluding hydrogens is 312 g/mol. The summed E-state index contributed by atoms with van der Waals surface area (Å²) in [5.74, 6) is -0.0670. The molecular formula is C21H24N2O2. The molecule has 0 aliphatic heterocycles. The number of carbonyl (C=O) groups is 2. The molecule has 0 fully saturated rings. The van der Waals surface area contributed by atoms with Gasteiger partial charge in [-0.25, -0.2) is 0 Å². The predicted octanol–water partition coefficient (Wildman–Crippen LogP) is 3.20. The molecule has 0 radical (unpaired) electrons. The van der Waals surface area contributed by atoms with Gasteiger partial charge in [0, 0.05) is 18.2 Å². The fourth-order valence-electron chi connectivity index (χ4n) is 2.27. The first-order valence-electron chi connectivity index (χ1n) is 8.53. The van der Waals surface area contributed by atoms with E-state index in [2.05, 4.69) is 17.6 Å². The summed E-state index contributed by atoms with van der Waals surface area (Å²) < 4.78 is 0. The van der Waals surface area contributed by atoms with Crippen molar-refractivity contribution in [3.8, 4) is 0 Å². The third-order valence-corrected chi connectivity index (χ3v) is 3.68. The largest absolute Gasteiger partial charge is 0.348 e. The van der Waals surface area contributed by atoms with E-state index < -0.39 is 0 Å². The van der Waals surface area contributed by atoms with Crippen LogP contribution in [0.3, 0.4) is 0 Å². The van der Waals surface area contributed by atoms with Crippen LogP contribution < -0.4 is 10.6 Å². The minimum atomic E-state index is -0.146. The minimum absolute atomic E-state index is 0.0785. The molecule has 0 saturated heterocycles. The van der Waals surface area contributed by atoms with Gasteiger partial charge in [-0.05, 0) is 30.2 Å². The highest BCUT2D eigenvalue weighted by molar-refractivity contribution is 5.97. The Labute approximate surface area is 149 Å². The normalized spacial score (nSPS) is 10.8. The molecule has 130 valence electrons. The Hall–Kier alpha value is -2.72. The molecule has 4 nitrogen and oxygen atoms in total. The van der Waals surface area contributed by atoms with Crippen LogP contribution in [0.15, 0.2) is 60.7 Å². The Morgan fingerprint density at radius 1 is 1.00 bits per heavy atom. The van der Waals surface area contributed by atoms with Crippen LogP contribution in [0.4, 0.5) is 0 Å². The third-order valence-electron chi connectivity index (χ3n) is 3.68. The van der Waals surface area contributed by atoms with Crippen molar-refractivity contribution in [2.24, 2.45) is 0 Å². The first-order valence-corrected chi connectivity index (χ1v) is 8.53. The van der Waals surface area contributed by atoms with E-state index in [9.17, 15) is 9.59 Å². The Bertz CT molecular complexity index is 706. The minimum Gasteiger partial charge on any atom is -0.348 e. The molecule has 4 heteroatoms. The summed E-state index contributed by atoms with van der Waals surface area (Å²) in [6.07, 6.45) is 4.30. The topological polar surface area (TPSA) is 58.2 Å². The number of ketones is 1. The number of amides is 1. The number of nitrogens with one attached hydrogen (secondary N) is 2. The second-order valence-electron chi connectivity index (χ2n) is 5.76. The van der Waals surface area contributed by atoms with E-state index in [1.165, 1.54) is 6.08 Å². The van der Waals surface area contributed by atoms with Gasteiger partial charge in [-0.15, -0.1) is 0 Å². The van der Waals surface area contributed by atoms with Gasteiger partial charge in [0.15, 0.2) is 5.78 Å². The van der Waals surface area contributed by atoms with Gasteiger partial charge >= 0.3 is 0 Å². The van der Waals surface area contributed by atoms with Crippen LogP contribution in [0.2, 0.25) is 0 Å². The zero-order valence-corrected chi connectivity index (χ0v) is 14.5. The molecule has 2 aromatic carbocycles. The standard InChI is InChI=1S/C21H24N2O2/c1-2-14-22-16-20(24)19-11-8-18(9-12-19)15-23-21(25)13-10-17-6-4-3-5-7-17/h3-13,22H,2,14-16H2,1H3,(H,23,25)/b13-10+. The summed E-state index contributed by atoms with van der Waals surface area (Å²) in [5, 5.41) is 5.94. The predicted molar refractivity (Wildman–Crippen MR) is 101 cm³/mol. The van der Waals surface area contributed by atoms with Gasteiger partial charge in [0.1, 0.15) is 0 Å². The molecule has 0 heterocycles. The number of benzene rings is 2. The number of carbonyl (C=O) groups excluding carboxylic acids is 2. The van der Waals surface area contributed by atoms with E-state index in [1.807, 2.05) is 42.5 Å². The lowest BCUT2D eigenvalue weighted by atomic mass is 10.1. The second-order valence-corrected chi connectivity index (χ2v) is 5.76. The van der Waals surface area contributed by atoms with Gasteiger partial charge in [-0.1, -0.05) is 61.5 Å². The number of hydrogen-bond acceptors (Lipinski definition) is 3. The molecule has 0 saturated carbocycles. The quantitative estimate of drug-likeness (QED) is 0.420. The van der Waals surface area contributed by atoms with Gasteiger partial charge in [0.2, 0.25) is 5.91 Å². The van der Waals surface area contributed by atoms with Crippen LogP contribution >= 0.6 is 0 Å². The fraction of sp³-hybridized carbons (Fsp3) is 0.238. The maximum atomic E-state index is 12.0. The van der Waals surface area contributed by atoms with E-state index in [0.29, 0.717) is 18.7 Å².